The van der Waals surface area contributed by atoms with Gasteiger partial charge >= 0.3 is 0 Å². The van der Waals surface area contributed by atoms with Crippen molar-refractivity contribution in [2.24, 2.45) is 34.5 Å². The average Bonchev–Trinajstić information content (AvgIpc) is 3.60. The maximum Gasteiger partial charge on any atom is 0.187 e. The molecule has 29 unspecified atom stereocenters. The van der Waals surface area contributed by atoms with Gasteiger partial charge in [-0.05, 0) is 101 Å². The number of hydrogen-bond acceptors (Lipinski definition) is 22. The van der Waals surface area contributed by atoms with E-state index in [0.717, 1.165) is 57.8 Å². The summed E-state index contributed by atoms with van der Waals surface area (Å²) in [5, 5.41) is 140. The number of aliphatic hydroxyl groups is 13. The summed E-state index contributed by atoms with van der Waals surface area (Å²) in [4.78, 5) is 0. The molecule has 0 bridgehead atoms. The zero-order chi connectivity index (χ0) is 49.4. The highest BCUT2D eigenvalue weighted by molar-refractivity contribution is 5.17. The van der Waals surface area contributed by atoms with E-state index in [2.05, 4.69) is 13.8 Å². The van der Waals surface area contributed by atoms with Crippen molar-refractivity contribution in [3.63, 3.8) is 0 Å². The number of aliphatic hydroxyl groups excluding tert-OH is 12. The number of fused-ring (bicyclic) bond motifs is 5. The summed E-state index contributed by atoms with van der Waals surface area (Å²) in [5.41, 5.74) is -1.11. The molecule has 4 aliphatic heterocycles. The predicted molar refractivity (Wildman–Crippen MR) is 228 cm³/mol. The minimum Gasteiger partial charge on any atom is -0.394 e. The van der Waals surface area contributed by atoms with Crippen LogP contribution in [0.5, 0.6) is 0 Å². The number of rotatable bonds is 13. The summed E-state index contributed by atoms with van der Waals surface area (Å²) in [5.74, 6) is 0.947. The lowest BCUT2D eigenvalue weighted by Crippen LogP contribution is -2.65. The third kappa shape index (κ3) is 9.36. The highest BCUT2D eigenvalue weighted by atomic mass is 16.8. The van der Waals surface area contributed by atoms with Gasteiger partial charge in [-0.1, -0.05) is 13.8 Å². The standard InChI is InChI=1S/C46H78O22/c1-18(48)22-10-13-46(59)24-7-6-20-14-21(8-11-44(20,3)23(24)9-12-45(22,46)4)64-43-37(58)39(60-5)38(19(2)63-43)68-42-36(57)33(54)30(51)27(67-42)17-62-41-35(56)32(53)29(50)26(66-41)16-61-40-34(55)31(52)28(49)25(15-47)65-40/h18-43,47-59H,6-17H2,1-5H3. The van der Waals surface area contributed by atoms with Crippen molar-refractivity contribution >= 4 is 0 Å². The van der Waals surface area contributed by atoms with Gasteiger partial charge in [-0.15, -0.1) is 0 Å². The van der Waals surface area contributed by atoms with Gasteiger partial charge in [-0.3, -0.25) is 0 Å². The van der Waals surface area contributed by atoms with Crippen LogP contribution >= 0.6 is 0 Å². The molecule has 0 aromatic carbocycles. The Bertz CT molecular complexity index is 1670. The Kier molecular flexibility index (Phi) is 16.3. The number of ether oxygens (including phenoxy) is 9. The van der Waals surface area contributed by atoms with E-state index >= 15 is 0 Å². The van der Waals surface area contributed by atoms with Gasteiger partial charge in [0.2, 0.25) is 0 Å². The highest BCUT2D eigenvalue weighted by Gasteiger charge is 2.68. The van der Waals surface area contributed by atoms with Crippen molar-refractivity contribution in [1.82, 2.24) is 0 Å². The average molecular weight is 983 g/mol. The molecule has 68 heavy (non-hydrogen) atoms. The Balaban J connectivity index is 0.853. The number of hydrogen-bond donors (Lipinski definition) is 13. The summed E-state index contributed by atoms with van der Waals surface area (Å²) in [7, 11) is 1.37. The molecule has 4 aliphatic carbocycles. The van der Waals surface area contributed by atoms with E-state index in [0.29, 0.717) is 11.8 Å². The lowest BCUT2D eigenvalue weighted by molar-refractivity contribution is -0.368. The van der Waals surface area contributed by atoms with Crippen LogP contribution in [0.1, 0.15) is 85.5 Å². The van der Waals surface area contributed by atoms with E-state index in [1.807, 2.05) is 6.92 Å². The van der Waals surface area contributed by atoms with Gasteiger partial charge in [-0.25, -0.2) is 0 Å². The molecule has 22 heteroatoms. The van der Waals surface area contributed by atoms with Gasteiger partial charge in [0.25, 0.3) is 0 Å². The summed E-state index contributed by atoms with van der Waals surface area (Å²) < 4.78 is 52.7. The number of methoxy groups -OCH3 is 1. The second-order valence-corrected chi connectivity index (χ2v) is 21.7. The van der Waals surface area contributed by atoms with Crippen LogP contribution in [0.15, 0.2) is 0 Å². The zero-order valence-corrected chi connectivity index (χ0v) is 39.5. The molecular weight excluding hydrogens is 904 g/mol. The maximum absolute atomic E-state index is 12.4. The summed E-state index contributed by atoms with van der Waals surface area (Å²) in [6.45, 7) is 6.12. The fraction of sp³-hybridized carbons (Fsp3) is 1.00. The Hall–Kier alpha value is -0.880. The molecule has 0 radical (unpaired) electrons. The predicted octanol–water partition coefficient (Wildman–Crippen LogP) is -3.52. The fourth-order valence-electron chi connectivity index (χ4n) is 14.0. The molecule has 8 aliphatic rings. The van der Waals surface area contributed by atoms with Gasteiger partial charge in [0, 0.05) is 12.5 Å². The smallest absolute Gasteiger partial charge is 0.187 e. The zero-order valence-electron chi connectivity index (χ0n) is 39.5. The van der Waals surface area contributed by atoms with Crippen molar-refractivity contribution in [3.8, 4) is 0 Å². The minimum atomic E-state index is -1.87. The van der Waals surface area contributed by atoms with Crippen molar-refractivity contribution in [3.05, 3.63) is 0 Å². The summed E-state index contributed by atoms with van der Waals surface area (Å²) >= 11 is 0. The molecule has 8 fully saturated rings. The van der Waals surface area contributed by atoms with E-state index < -0.39 is 154 Å². The SMILES string of the molecule is COC1C(O)C(OC2CCC3(C)C(CCC4C3CCC3(C)C(C(C)O)CCC43O)C2)OC(C)C1OC1OC(COC2OC(COC3OC(CO)C(O)C(O)C3O)C(O)C(O)C2O)C(O)C(O)C1O. The summed E-state index contributed by atoms with van der Waals surface area (Å²) in [6.07, 6.45) is -23.7. The van der Waals surface area contributed by atoms with Crippen molar-refractivity contribution in [2.75, 3.05) is 26.9 Å². The van der Waals surface area contributed by atoms with E-state index in [1.165, 1.54) is 7.11 Å². The Labute approximate surface area is 395 Å². The fourth-order valence-corrected chi connectivity index (χ4v) is 14.0. The van der Waals surface area contributed by atoms with E-state index in [9.17, 15) is 66.4 Å². The van der Waals surface area contributed by atoms with E-state index in [1.54, 1.807) is 6.92 Å². The van der Waals surface area contributed by atoms with Gasteiger partial charge < -0.3 is 109 Å². The first-order valence-electron chi connectivity index (χ1n) is 24.6. The molecule has 0 amide bonds. The van der Waals surface area contributed by atoms with Crippen LogP contribution in [-0.4, -0.2) is 234 Å². The lowest BCUT2D eigenvalue weighted by Gasteiger charge is -2.64. The van der Waals surface area contributed by atoms with E-state index in [4.69, 9.17) is 42.6 Å². The molecule has 0 aromatic rings. The van der Waals surface area contributed by atoms with Crippen LogP contribution in [0, 0.1) is 34.5 Å². The highest BCUT2D eigenvalue weighted by Crippen LogP contribution is 2.69. The molecule has 0 spiro atoms. The van der Waals surface area contributed by atoms with E-state index in [-0.39, 0.29) is 28.8 Å². The first kappa shape index (κ1) is 53.4. The minimum absolute atomic E-state index is 0.00243. The van der Waals surface area contributed by atoms with Gasteiger partial charge in [-0.2, -0.15) is 0 Å². The van der Waals surface area contributed by atoms with Crippen molar-refractivity contribution < 1.29 is 109 Å². The van der Waals surface area contributed by atoms with Crippen molar-refractivity contribution in [2.45, 2.75) is 226 Å². The molecular formula is C46H78O22. The third-order valence-electron chi connectivity index (χ3n) is 18.1. The monoisotopic (exact) mass is 982 g/mol. The van der Waals surface area contributed by atoms with Crippen LogP contribution in [0.2, 0.25) is 0 Å². The second-order valence-electron chi connectivity index (χ2n) is 21.7. The Morgan fingerprint density at radius 3 is 1.69 bits per heavy atom. The first-order chi connectivity index (χ1) is 32.1. The van der Waals surface area contributed by atoms with Crippen LogP contribution in [0.3, 0.4) is 0 Å². The largest absolute Gasteiger partial charge is 0.394 e. The summed E-state index contributed by atoms with van der Waals surface area (Å²) in [6, 6.07) is 0. The molecule has 8 rings (SSSR count). The normalized spacial score (nSPS) is 55.8. The van der Waals surface area contributed by atoms with Gasteiger partial charge in [0.15, 0.2) is 25.2 Å². The topological polar surface area (TPSA) is 346 Å². The van der Waals surface area contributed by atoms with Gasteiger partial charge in [0.1, 0.15) is 91.6 Å². The quantitative estimate of drug-likeness (QED) is 0.0796. The first-order valence-corrected chi connectivity index (χ1v) is 24.6. The molecule has 4 heterocycles. The second kappa shape index (κ2) is 20.8. The molecule has 4 saturated heterocycles. The van der Waals surface area contributed by atoms with Crippen LogP contribution in [0.25, 0.3) is 0 Å². The molecule has 4 saturated carbocycles. The third-order valence-corrected chi connectivity index (χ3v) is 18.1. The Morgan fingerprint density at radius 2 is 1.12 bits per heavy atom. The lowest BCUT2D eigenvalue weighted by atomic mass is 9.43. The molecule has 13 N–H and O–H groups in total. The van der Waals surface area contributed by atoms with Gasteiger partial charge in [0.05, 0.1) is 43.7 Å². The molecule has 0 aromatic heterocycles. The van der Waals surface area contributed by atoms with Crippen molar-refractivity contribution in [1.29, 1.82) is 0 Å². The molecule has 22 nitrogen and oxygen atoms in total. The molecule has 29 atom stereocenters. The van der Waals surface area contributed by atoms with Crippen LogP contribution in [-0.2, 0) is 42.6 Å². The maximum atomic E-state index is 12.4. The van der Waals surface area contributed by atoms with Crippen LogP contribution in [0.4, 0.5) is 0 Å². The Morgan fingerprint density at radius 1 is 0.574 bits per heavy atom. The van der Waals surface area contributed by atoms with Crippen LogP contribution < -0.4 is 0 Å². The molecule has 394 valence electrons.